The minimum atomic E-state index is -0.758. The first kappa shape index (κ1) is 17.2. The lowest BCUT2D eigenvalue weighted by atomic mass is 10.1. The smallest absolute Gasteiger partial charge is 0.407 e. The number of amides is 1. The second-order valence-corrected chi connectivity index (χ2v) is 4.29. The quantitative estimate of drug-likeness (QED) is 0.543. The van der Waals surface area contributed by atoms with Crippen LogP contribution in [0.2, 0.25) is 0 Å². The summed E-state index contributed by atoms with van der Waals surface area (Å²) in [5.74, 6) is -0.514. The molecule has 0 aliphatic heterocycles. The molecule has 0 aliphatic rings. The molecular formula is C14H23NO4. The molecule has 19 heavy (non-hydrogen) atoms. The Morgan fingerprint density at radius 2 is 2.05 bits per heavy atom. The van der Waals surface area contributed by atoms with Crippen molar-refractivity contribution in [3.63, 3.8) is 0 Å². The summed E-state index contributed by atoms with van der Waals surface area (Å²) in [6.45, 7) is 12.8. The molecule has 2 atom stereocenters. The minimum absolute atomic E-state index is 0.251. The fourth-order valence-electron chi connectivity index (χ4n) is 1.27. The monoisotopic (exact) mass is 269 g/mol. The van der Waals surface area contributed by atoms with Crippen LogP contribution in [-0.2, 0) is 14.3 Å². The maximum absolute atomic E-state index is 11.7. The van der Waals surface area contributed by atoms with Crippen molar-refractivity contribution in [2.24, 2.45) is 0 Å². The molecule has 0 unspecified atom stereocenters. The van der Waals surface area contributed by atoms with Gasteiger partial charge in [-0.05, 0) is 33.6 Å². The number of carbonyl (C=O) groups is 2. The van der Waals surface area contributed by atoms with Crippen LogP contribution in [0.4, 0.5) is 4.79 Å². The zero-order valence-corrected chi connectivity index (χ0v) is 11.9. The van der Waals surface area contributed by atoms with Crippen LogP contribution in [0.1, 0.15) is 33.6 Å². The van der Waals surface area contributed by atoms with Gasteiger partial charge in [0, 0.05) is 0 Å². The van der Waals surface area contributed by atoms with Gasteiger partial charge in [0.1, 0.15) is 12.1 Å². The van der Waals surface area contributed by atoms with Crippen molar-refractivity contribution in [1.82, 2.24) is 5.32 Å². The summed E-state index contributed by atoms with van der Waals surface area (Å²) in [6.07, 6.45) is 1.94. The summed E-state index contributed by atoms with van der Waals surface area (Å²) in [4.78, 5) is 22.9. The van der Waals surface area contributed by atoms with E-state index in [4.69, 9.17) is 4.74 Å². The predicted octanol–water partition coefficient (Wildman–Crippen LogP) is 2.58. The molecule has 0 aliphatic carbocycles. The number of hydrogen-bond acceptors (Lipinski definition) is 4. The van der Waals surface area contributed by atoms with Crippen molar-refractivity contribution in [3.05, 3.63) is 24.8 Å². The normalized spacial score (nSPS) is 13.0. The summed E-state index contributed by atoms with van der Waals surface area (Å²) in [7, 11) is 0. The van der Waals surface area contributed by atoms with Gasteiger partial charge in [0.25, 0.3) is 0 Å². The van der Waals surface area contributed by atoms with Crippen LogP contribution < -0.4 is 5.32 Å². The fourth-order valence-corrected chi connectivity index (χ4v) is 1.27. The third-order valence-corrected chi connectivity index (χ3v) is 2.35. The van der Waals surface area contributed by atoms with Gasteiger partial charge >= 0.3 is 12.1 Å². The third-order valence-electron chi connectivity index (χ3n) is 2.35. The van der Waals surface area contributed by atoms with E-state index in [9.17, 15) is 9.59 Å². The zero-order chi connectivity index (χ0) is 14.8. The van der Waals surface area contributed by atoms with Crippen LogP contribution in [-0.4, -0.2) is 30.8 Å². The van der Waals surface area contributed by atoms with Crippen molar-refractivity contribution in [2.45, 2.75) is 45.8 Å². The van der Waals surface area contributed by atoms with E-state index in [0.29, 0.717) is 6.42 Å². The Hall–Kier alpha value is -1.78. The molecule has 5 nitrogen and oxygen atoms in total. The average Bonchev–Trinajstić information content (AvgIpc) is 2.33. The van der Waals surface area contributed by atoms with Crippen molar-refractivity contribution in [1.29, 1.82) is 0 Å². The molecule has 5 heteroatoms. The summed E-state index contributed by atoms with van der Waals surface area (Å²) in [5, 5.41) is 2.39. The summed E-state index contributed by atoms with van der Waals surface area (Å²) >= 11 is 0. The minimum Gasteiger partial charge on any atom is -0.457 e. The third kappa shape index (κ3) is 8.02. The van der Waals surface area contributed by atoms with Crippen LogP contribution in [0, 0.1) is 0 Å². The Balaban J connectivity index is 4.20. The van der Waals surface area contributed by atoms with Crippen LogP contribution in [0.3, 0.4) is 0 Å². The molecule has 1 amide bonds. The highest BCUT2D eigenvalue weighted by Crippen LogP contribution is 2.09. The highest BCUT2D eigenvalue weighted by atomic mass is 16.6. The van der Waals surface area contributed by atoms with Crippen LogP contribution >= 0.6 is 0 Å². The van der Waals surface area contributed by atoms with Crippen molar-refractivity contribution >= 4 is 12.1 Å². The molecule has 0 saturated heterocycles. The van der Waals surface area contributed by atoms with Gasteiger partial charge in [-0.3, -0.25) is 0 Å². The van der Waals surface area contributed by atoms with E-state index in [0.717, 1.165) is 12.0 Å². The molecular weight excluding hydrogens is 246 g/mol. The highest BCUT2D eigenvalue weighted by Gasteiger charge is 2.20. The standard InChI is InChI=1S/C14H23NO4/c1-6-12(9-8-10(3)4)19-13(16)11(5)15-14(17)18-7-2/h6,11-12H,1,3,7-9H2,2,4-5H3,(H,15,17)/t11-,12+/m0/s1. The van der Waals surface area contributed by atoms with Crippen LogP contribution in [0.25, 0.3) is 0 Å². The van der Waals surface area contributed by atoms with E-state index < -0.39 is 18.1 Å². The van der Waals surface area contributed by atoms with Gasteiger partial charge in [-0.25, -0.2) is 9.59 Å². The lowest BCUT2D eigenvalue weighted by Gasteiger charge is -2.18. The van der Waals surface area contributed by atoms with Gasteiger partial charge in [0.15, 0.2) is 0 Å². The zero-order valence-electron chi connectivity index (χ0n) is 11.9. The van der Waals surface area contributed by atoms with E-state index in [1.54, 1.807) is 13.0 Å². The lowest BCUT2D eigenvalue weighted by Crippen LogP contribution is -2.41. The van der Waals surface area contributed by atoms with Crippen LogP contribution in [0.5, 0.6) is 0 Å². The Morgan fingerprint density at radius 1 is 1.42 bits per heavy atom. The SMILES string of the molecule is C=C[C@H](CCC(=C)C)OC(=O)[C@H](C)NC(=O)OCC. The first-order valence-corrected chi connectivity index (χ1v) is 6.31. The number of hydrogen-bond donors (Lipinski definition) is 1. The van der Waals surface area contributed by atoms with Gasteiger partial charge in [-0.2, -0.15) is 0 Å². The average molecular weight is 269 g/mol. The molecule has 0 radical (unpaired) electrons. The molecule has 0 aromatic rings. The number of carbonyl (C=O) groups excluding carboxylic acids is 2. The number of alkyl carbamates (subject to hydrolysis) is 1. The van der Waals surface area contributed by atoms with Gasteiger partial charge in [0.05, 0.1) is 6.61 Å². The summed E-state index contributed by atoms with van der Waals surface area (Å²) in [5.41, 5.74) is 1.01. The van der Waals surface area contributed by atoms with E-state index in [1.807, 2.05) is 6.92 Å². The molecule has 0 rings (SSSR count). The van der Waals surface area contributed by atoms with E-state index in [2.05, 4.69) is 23.2 Å². The Kier molecular flexibility index (Phi) is 8.33. The van der Waals surface area contributed by atoms with Gasteiger partial charge < -0.3 is 14.8 Å². The van der Waals surface area contributed by atoms with Gasteiger partial charge in [-0.15, -0.1) is 6.58 Å². The van der Waals surface area contributed by atoms with Crippen LogP contribution in [0.15, 0.2) is 24.8 Å². The summed E-state index contributed by atoms with van der Waals surface area (Å²) in [6, 6.07) is -0.758. The predicted molar refractivity (Wildman–Crippen MR) is 73.7 cm³/mol. The van der Waals surface area contributed by atoms with Crippen molar-refractivity contribution < 1.29 is 19.1 Å². The lowest BCUT2D eigenvalue weighted by molar-refractivity contribution is -0.149. The Bertz CT molecular complexity index is 338. The van der Waals surface area contributed by atoms with Crippen molar-refractivity contribution in [2.75, 3.05) is 6.61 Å². The van der Waals surface area contributed by atoms with Crippen molar-refractivity contribution in [3.8, 4) is 0 Å². The second-order valence-electron chi connectivity index (χ2n) is 4.29. The number of allylic oxidation sites excluding steroid dienone is 1. The molecule has 0 heterocycles. The number of nitrogens with one attached hydrogen (secondary N) is 1. The number of ether oxygens (including phenoxy) is 2. The molecule has 0 bridgehead atoms. The molecule has 0 aromatic heterocycles. The Morgan fingerprint density at radius 3 is 2.53 bits per heavy atom. The maximum Gasteiger partial charge on any atom is 0.407 e. The van der Waals surface area contributed by atoms with Gasteiger partial charge in [-0.1, -0.05) is 18.2 Å². The molecule has 1 N–H and O–H groups in total. The van der Waals surface area contributed by atoms with E-state index >= 15 is 0 Å². The highest BCUT2D eigenvalue weighted by molar-refractivity contribution is 5.81. The Labute approximate surface area is 114 Å². The molecule has 0 aromatic carbocycles. The molecule has 108 valence electrons. The molecule has 0 fully saturated rings. The number of rotatable bonds is 8. The molecule has 0 saturated carbocycles. The maximum atomic E-state index is 11.7. The van der Waals surface area contributed by atoms with E-state index in [-0.39, 0.29) is 12.7 Å². The fraction of sp³-hybridized carbons (Fsp3) is 0.571. The largest absolute Gasteiger partial charge is 0.457 e. The first-order chi connectivity index (χ1) is 8.90. The second kappa shape index (κ2) is 9.19. The first-order valence-electron chi connectivity index (χ1n) is 6.31. The van der Waals surface area contributed by atoms with Gasteiger partial charge in [0.2, 0.25) is 0 Å². The van der Waals surface area contributed by atoms with E-state index in [1.165, 1.54) is 6.92 Å². The number of esters is 1. The molecule has 0 spiro atoms. The summed E-state index contributed by atoms with van der Waals surface area (Å²) < 4.78 is 9.91. The topological polar surface area (TPSA) is 64.6 Å².